The maximum atomic E-state index is 12.9. The molecule has 3 rings (SSSR count). The molecule has 0 bridgehead atoms. The molecule has 1 aromatic heterocycles. The minimum absolute atomic E-state index is 0.100. The van der Waals surface area contributed by atoms with Gasteiger partial charge in [0.2, 0.25) is 5.88 Å². The number of halogens is 1. The lowest BCUT2D eigenvalue weighted by Crippen LogP contribution is -2.49. The Morgan fingerprint density at radius 2 is 1.79 bits per heavy atom. The molecule has 9 nitrogen and oxygen atoms in total. The number of aromatic nitrogens is 1. The lowest BCUT2D eigenvalue weighted by Gasteiger charge is -2.39. The molecule has 2 saturated heterocycles. The molecule has 1 aromatic rings. The number of pyridine rings is 1. The molecule has 0 spiro atoms. The summed E-state index contributed by atoms with van der Waals surface area (Å²) in [6.07, 6.45) is 3.89. The zero-order valence-corrected chi connectivity index (χ0v) is 21.4. The minimum Gasteiger partial charge on any atom is -0.477 e. The maximum Gasteiger partial charge on any atom is 0.319 e. The highest BCUT2D eigenvalue weighted by Gasteiger charge is 2.28. The van der Waals surface area contributed by atoms with E-state index in [1.807, 2.05) is 30.6 Å². The second kappa shape index (κ2) is 12.4. The fraction of sp³-hybridized carbons (Fsp3) is 0.708. The summed E-state index contributed by atoms with van der Waals surface area (Å²) in [7, 11) is 0. The lowest BCUT2D eigenvalue weighted by molar-refractivity contribution is 0.0883. The first-order valence-corrected chi connectivity index (χ1v) is 12.9. The number of rotatable bonds is 8. The molecular weight excluding hydrogens is 456 g/mol. The first-order chi connectivity index (χ1) is 16.4. The summed E-state index contributed by atoms with van der Waals surface area (Å²) in [5.41, 5.74) is 6.08. The van der Waals surface area contributed by atoms with Gasteiger partial charge in [-0.15, -0.1) is 0 Å². The maximum absolute atomic E-state index is 12.9. The number of hydrogen-bond acceptors (Lipinski definition) is 6. The predicted molar refractivity (Wildman–Crippen MR) is 134 cm³/mol. The van der Waals surface area contributed by atoms with Crippen LogP contribution in [0.15, 0.2) is 6.07 Å². The molecule has 0 aromatic carbocycles. The van der Waals surface area contributed by atoms with Gasteiger partial charge in [0.25, 0.3) is 5.91 Å². The largest absolute Gasteiger partial charge is 0.477 e. The highest BCUT2D eigenvalue weighted by Crippen LogP contribution is 2.26. The number of amides is 3. The van der Waals surface area contributed by atoms with Gasteiger partial charge in [-0.05, 0) is 58.4 Å². The van der Waals surface area contributed by atoms with E-state index < -0.39 is 0 Å². The summed E-state index contributed by atoms with van der Waals surface area (Å²) < 4.78 is 5.49. The van der Waals surface area contributed by atoms with Crippen molar-refractivity contribution in [2.24, 2.45) is 5.92 Å². The number of anilines is 1. The van der Waals surface area contributed by atoms with Crippen LogP contribution >= 0.6 is 11.6 Å². The SMILES string of the molecule is CCOc1nc(N)c(Cl)cc1C(=O)NC1CCN(CC2CCN(C(=O)N(CC)CC)CC2)CC1. The van der Waals surface area contributed by atoms with Crippen molar-refractivity contribution in [1.29, 1.82) is 0 Å². The van der Waals surface area contributed by atoms with E-state index >= 15 is 0 Å². The van der Waals surface area contributed by atoms with Crippen LogP contribution < -0.4 is 15.8 Å². The molecule has 190 valence electrons. The molecule has 0 radical (unpaired) electrons. The summed E-state index contributed by atoms with van der Waals surface area (Å²) in [6, 6.07) is 1.80. The van der Waals surface area contributed by atoms with Crippen molar-refractivity contribution in [2.75, 3.05) is 58.2 Å². The zero-order valence-electron chi connectivity index (χ0n) is 20.7. The molecule has 10 heteroatoms. The Kier molecular flexibility index (Phi) is 9.64. The van der Waals surface area contributed by atoms with Gasteiger partial charge < -0.3 is 30.5 Å². The molecule has 0 unspecified atom stereocenters. The van der Waals surface area contributed by atoms with E-state index in [9.17, 15) is 9.59 Å². The zero-order chi connectivity index (χ0) is 24.7. The molecule has 0 atom stereocenters. The lowest BCUT2D eigenvalue weighted by atomic mass is 9.94. The summed E-state index contributed by atoms with van der Waals surface area (Å²) >= 11 is 6.09. The second-order valence-corrected chi connectivity index (χ2v) is 9.48. The van der Waals surface area contributed by atoms with Crippen LogP contribution in [-0.4, -0.2) is 90.1 Å². The van der Waals surface area contributed by atoms with E-state index in [-0.39, 0.29) is 34.7 Å². The van der Waals surface area contributed by atoms with Crippen molar-refractivity contribution in [2.45, 2.75) is 52.5 Å². The van der Waals surface area contributed by atoms with Crippen LogP contribution in [-0.2, 0) is 0 Å². The van der Waals surface area contributed by atoms with Crippen LogP contribution in [0, 0.1) is 5.92 Å². The number of urea groups is 1. The number of nitrogen functional groups attached to an aromatic ring is 1. The molecule has 2 aliphatic heterocycles. The Balaban J connectivity index is 1.44. The molecule has 3 amide bonds. The average molecular weight is 495 g/mol. The van der Waals surface area contributed by atoms with Crippen molar-refractivity contribution in [3.63, 3.8) is 0 Å². The highest BCUT2D eigenvalue weighted by molar-refractivity contribution is 6.33. The monoisotopic (exact) mass is 494 g/mol. The van der Waals surface area contributed by atoms with E-state index in [4.69, 9.17) is 22.1 Å². The Morgan fingerprint density at radius 1 is 1.15 bits per heavy atom. The third-order valence-electron chi connectivity index (χ3n) is 6.85. The third kappa shape index (κ3) is 6.66. The number of carbonyl (C=O) groups is 2. The fourth-order valence-electron chi connectivity index (χ4n) is 4.78. The van der Waals surface area contributed by atoms with E-state index in [2.05, 4.69) is 15.2 Å². The number of hydrogen-bond donors (Lipinski definition) is 2. The van der Waals surface area contributed by atoms with Crippen LogP contribution in [0.3, 0.4) is 0 Å². The summed E-state index contributed by atoms with van der Waals surface area (Å²) in [6.45, 7) is 12.4. The van der Waals surface area contributed by atoms with Crippen molar-refractivity contribution < 1.29 is 14.3 Å². The average Bonchev–Trinajstić information content (AvgIpc) is 2.84. The topological polar surface area (TPSA) is 104 Å². The molecule has 3 heterocycles. The Bertz CT molecular complexity index is 834. The number of ether oxygens (including phenoxy) is 1. The van der Waals surface area contributed by atoms with Gasteiger partial charge in [0.05, 0.1) is 11.6 Å². The summed E-state index contributed by atoms with van der Waals surface area (Å²) in [5, 5.41) is 3.35. The number of likely N-dealkylation sites (tertiary alicyclic amines) is 2. The fourth-order valence-corrected chi connectivity index (χ4v) is 4.94. The molecule has 0 aliphatic carbocycles. The number of piperidine rings is 2. The van der Waals surface area contributed by atoms with Crippen molar-refractivity contribution in [3.05, 3.63) is 16.7 Å². The van der Waals surface area contributed by atoms with Crippen LogP contribution in [0.4, 0.5) is 10.6 Å². The molecule has 2 fully saturated rings. The quantitative estimate of drug-likeness (QED) is 0.575. The Labute approximate surface area is 207 Å². The summed E-state index contributed by atoms with van der Waals surface area (Å²) in [4.78, 5) is 35.9. The van der Waals surface area contributed by atoms with Crippen LogP contribution in [0.25, 0.3) is 0 Å². The Hall–Kier alpha value is -2.26. The smallest absolute Gasteiger partial charge is 0.319 e. The van der Waals surface area contributed by atoms with Gasteiger partial charge in [-0.3, -0.25) is 4.79 Å². The van der Waals surface area contributed by atoms with E-state index in [1.165, 1.54) is 6.07 Å². The highest BCUT2D eigenvalue weighted by atomic mass is 35.5. The molecule has 3 N–H and O–H groups in total. The molecular formula is C24H39ClN6O3. The van der Waals surface area contributed by atoms with E-state index in [0.29, 0.717) is 18.1 Å². The molecule has 34 heavy (non-hydrogen) atoms. The predicted octanol–water partition coefficient (Wildman–Crippen LogP) is 3.08. The van der Waals surface area contributed by atoms with Gasteiger partial charge in [-0.1, -0.05) is 11.6 Å². The first kappa shape index (κ1) is 26.3. The van der Waals surface area contributed by atoms with E-state index in [1.54, 1.807) is 0 Å². The van der Waals surface area contributed by atoms with Crippen LogP contribution in [0.2, 0.25) is 5.02 Å². The van der Waals surface area contributed by atoms with Gasteiger partial charge >= 0.3 is 6.03 Å². The summed E-state index contributed by atoms with van der Waals surface area (Å²) in [5.74, 6) is 0.744. The molecule has 2 aliphatic rings. The molecule has 0 saturated carbocycles. The normalized spacial score (nSPS) is 18.1. The number of nitrogens with zero attached hydrogens (tertiary/aromatic N) is 4. The number of carbonyl (C=O) groups excluding carboxylic acids is 2. The third-order valence-corrected chi connectivity index (χ3v) is 7.15. The van der Waals surface area contributed by atoms with Crippen molar-refractivity contribution >= 4 is 29.4 Å². The van der Waals surface area contributed by atoms with Crippen LogP contribution in [0.1, 0.15) is 56.8 Å². The van der Waals surface area contributed by atoms with Gasteiger partial charge in [0.1, 0.15) is 11.4 Å². The van der Waals surface area contributed by atoms with Gasteiger partial charge in [-0.2, -0.15) is 4.98 Å². The first-order valence-electron chi connectivity index (χ1n) is 12.5. The second-order valence-electron chi connectivity index (χ2n) is 9.07. The van der Waals surface area contributed by atoms with Gasteiger partial charge in [-0.25, -0.2) is 4.79 Å². The minimum atomic E-state index is -0.235. The number of nitrogens with one attached hydrogen (secondary N) is 1. The van der Waals surface area contributed by atoms with Crippen LogP contribution in [0.5, 0.6) is 5.88 Å². The van der Waals surface area contributed by atoms with Crippen molar-refractivity contribution in [3.8, 4) is 5.88 Å². The number of nitrogens with two attached hydrogens (primary N) is 1. The standard InChI is InChI=1S/C24H39ClN6O3/c1-4-30(5-2)24(33)31-13-7-17(8-14-31)16-29-11-9-18(10-12-29)27-22(32)19-15-20(25)21(26)28-23(19)34-6-3/h15,17-18H,4-14,16H2,1-3H3,(H2,26,28)(H,27,32). The Morgan fingerprint density at radius 3 is 2.38 bits per heavy atom. The van der Waals surface area contributed by atoms with Gasteiger partial charge in [0.15, 0.2) is 0 Å². The van der Waals surface area contributed by atoms with Crippen molar-refractivity contribution in [1.82, 2.24) is 25.0 Å². The van der Waals surface area contributed by atoms with E-state index in [0.717, 1.165) is 71.5 Å². The van der Waals surface area contributed by atoms with Gasteiger partial charge in [0, 0.05) is 51.9 Å².